The van der Waals surface area contributed by atoms with Gasteiger partial charge in [0.25, 0.3) is 0 Å². The number of carbonyl (C=O) groups excluding carboxylic acids is 1. The molecule has 0 aliphatic carbocycles. The van der Waals surface area contributed by atoms with Gasteiger partial charge in [0.15, 0.2) is 0 Å². The molecule has 0 unspecified atom stereocenters. The van der Waals surface area contributed by atoms with Gasteiger partial charge in [-0.1, -0.05) is 23.7 Å². The first-order valence-corrected chi connectivity index (χ1v) is 8.06. The molecule has 7 heteroatoms. The van der Waals surface area contributed by atoms with Crippen LogP contribution < -0.4 is 5.32 Å². The lowest BCUT2D eigenvalue weighted by Gasteiger charge is -2.29. The normalized spacial score (nSPS) is 16.4. The number of halogens is 1. The van der Waals surface area contributed by atoms with E-state index >= 15 is 0 Å². The lowest BCUT2D eigenvalue weighted by Crippen LogP contribution is -2.39. The van der Waals surface area contributed by atoms with Crippen molar-refractivity contribution in [2.24, 2.45) is 5.92 Å². The van der Waals surface area contributed by atoms with Crippen LogP contribution in [-0.2, 0) is 11.3 Å². The Labute approximate surface area is 139 Å². The van der Waals surface area contributed by atoms with Crippen LogP contribution in [0.4, 0.5) is 0 Å². The fourth-order valence-corrected chi connectivity index (χ4v) is 3.03. The number of aromatic nitrogens is 2. The Morgan fingerprint density at radius 3 is 2.78 bits per heavy atom. The number of nitrogens with one attached hydrogen (secondary N) is 1. The zero-order valence-electron chi connectivity index (χ0n) is 13.0. The van der Waals surface area contributed by atoms with Crippen LogP contribution in [0.1, 0.15) is 18.7 Å². The van der Waals surface area contributed by atoms with Gasteiger partial charge in [-0.3, -0.25) is 9.69 Å². The van der Waals surface area contributed by atoms with Crippen molar-refractivity contribution in [2.75, 3.05) is 20.1 Å². The third-order valence-corrected chi connectivity index (χ3v) is 4.46. The second-order valence-corrected chi connectivity index (χ2v) is 6.05. The summed E-state index contributed by atoms with van der Waals surface area (Å²) < 4.78 is 5.72. The fourth-order valence-electron chi connectivity index (χ4n) is 2.81. The largest absolute Gasteiger partial charge is 0.419 e. The van der Waals surface area contributed by atoms with E-state index in [0.717, 1.165) is 31.5 Å². The SMILES string of the molecule is CNC(=O)C1CCN(Cc2nnc(-c3ccccc3Cl)o2)CC1. The number of hydrogen-bond acceptors (Lipinski definition) is 5. The average molecular weight is 335 g/mol. The minimum Gasteiger partial charge on any atom is -0.419 e. The van der Waals surface area contributed by atoms with Gasteiger partial charge in [-0.2, -0.15) is 0 Å². The highest BCUT2D eigenvalue weighted by Crippen LogP contribution is 2.27. The number of carbonyl (C=O) groups is 1. The van der Waals surface area contributed by atoms with Gasteiger partial charge in [0.2, 0.25) is 17.7 Å². The van der Waals surface area contributed by atoms with E-state index in [4.69, 9.17) is 16.0 Å². The Balaban J connectivity index is 1.60. The molecule has 1 N–H and O–H groups in total. The third kappa shape index (κ3) is 3.71. The topological polar surface area (TPSA) is 71.3 Å². The fraction of sp³-hybridized carbons (Fsp3) is 0.438. The van der Waals surface area contributed by atoms with Crippen molar-refractivity contribution in [2.45, 2.75) is 19.4 Å². The van der Waals surface area contributed by atoms with Crippen LogP contribution in [0.3, 0.4) is 0 Å². The van der Waals surface area contributed by atoms with E-state index < -0.39 is 0 Å². The van der Waals surface area contributed by atoms with Crippen molar-refractivity contribution in [3.63, 3.8) is 0 Å². The van der Waals surface area contributed by atoms with Crippen molar-refractivity contribution in [3.8, 4) is 11.5 Å². The maximum Gasteiger partial charge on any atom is 0.249 e. The van der Waals surface area contributed by atoms with Crippen LogP contribution in [0.2, 0.25) is 5.02 Å². The highest BCUT2D eigenvalue weighted by molar-refractivity contribution is 6.33. The molecule has 3 rings (SSSR count). The first kappa shape index (κ1) is 16.0. The monoisotopic (exact) mass is 334 g/mol. The van der Waals surface area contributed by atoms with E-state index in [1.807, 2.05) is 18.2 Å². The Morgan fingerprint density at radius 2 is 2.09 bits per heavy atom. The molecule has 0 spiro atoms. The van der Waals surface area contributed by atoms with Gasteiger partial charge in [-0.05, 0) is 38.1 Å². The maximum absolute atomic E-state index is 11.6. The van der Waals surface area contributed by atoms with Crippen LogP contribution in [0.15, 0.2) is 28.7 Å². The first-order chi connectivity index (χ1) is 11.2. The molecule has 6 nitrogen and oxygen atoms in total. The summed E-state index contributed by atoms with van der Waals surface area (Å²) in [6.07, 6.45) is 1.70. The summed E-state index contributed by atoms with van der Waals surface area (Å²) in [4.78, 5) is 13.9. The molecule has 23 heavy (non-hydrogen) atoms. The van der Waals surface area contributed by atoms with Crippen LogP contribution in [0.25, 0.3) is 11.5 Å². The number of amides is 1. The molecule has 1 aromatic heterocycles. The van der Waals surface area contributed by atoms with Gasteiger partial charge in [0, 0.05) is 13.0 Å². The summed E-state index contributed by atoms with van der Waals surface area (Å²) in [5, 5.41) is 11.5. The molecule has 1 aliphatic heterocycles. The molecule has 2 heterocycles. The van der Waals surface area contributed by atoms with Crippen LogP contribution in [0, 0.1) is 5.92 Å². The van der Waals surface area contributed by atoms with Gasteiger partial charge in [-0.15, -0.1) is 10.2 Å². The summed E-state index contributed by atoms with van der Waals surface area (Å²) in [5.41, 5.74) is 0.742. The Hall–Kier alpha value is -1.92. The molecule has 1 aliphatic rings. The minimum absolute atomic E-state index is 0.109. The summed E-state index contributed by atoms with van der Waals surface area (Å²) in [6.45, 7) is 2.29. The number of benzene rings is 1. The zero-order valence-corrected chi connectivity index (χ0v) is 13.7. The standard InChI is InChI=1S/C16H19ClN4O2/c1-18-15(22)11-6-8-21(9-7-11)10-14-19-20-16(23-14)12-4-2-3-5-13(12)17/h2-5,11H,6-10H2,1H3,(H,18,22). The minimum atomic E-state index is 0.109. The van der Waals surface area contributed by atoms with E-state index in [1.165, 1.54) is 0 Å². The lowest BCUT2D eigenvalue weighted by atomic mass is 9.96. The van der Waals surface area contributed by atoms with Crippen LogP contribution in [-0.4, -0.2) is 41.1 Å². The van der Waals surface area contributed by atoms with Gasteiger partial charge in [0.05, 0.1) is 17.1 Å². The number of likely N-dealkylation sites (tertiary alicyclic amines) is 1. The molecule has 0 bridgehead atoms. The van der Waals surface area contributed by atoms with Gasteiger partial charge >= 0.3 is 0 Å². The third-order valence-electron chi connectivity index (χ3n) is 4.13. The molecule has 122 valence electrons. The zero-order chi connectivity index (χ0) is 16.2. The van der Waals surface area contributed by atoms with Crippen LogP contribution in [0.5, 0.6) is 0 Å². The first-order valence-electron chi connectivity index (χ1n) is 7.68. The Kier molecular flexibility index (Phi) is 4.93. The van der Waals surface area contributed by atoms with Crippen molar-refractivity contribution >= 4 is 17.5 Å². The van der Waals surface area contributed by atoms with Gasteiger partial charge in [0.1, 0.15) is 0 Å². The highest BCUT2D eigenvalue weighted by Gasteiger charge is 2.25. The van der Waals surface area contributed by atoms with Crippen molar-refractivity contribution < 1.29 is 9.21 Å². The van der Waals surface area contributed by atoms with E-state index in [2.05, 4.69) is 20.4 Å². The maximum atomic E-state index is 11.6. The highest BCUT2D eigenvalue weighted by atomic mass is 35.5. The number of piperidine rings is 1. The van der Waals surface area contributed by atoms with Crippen molar-refractivity contribution in [1.29, 1.82) is 0 Å². The summed E-state index contributed by atoms with van der Waals surface area (Å²) in [6, 6.07) is 7.40. The van der Waals surface area contributed by atoms with E-state index in [9.17, 15) is 4.79 Å². The van der Waals surface area contributed by atoms with Gasteiger partial charge in [-0.25, -0.2) is 0 Å². The molecule has 0 atom stereocenters. The molecule has 0 saturated carbocycles. The van der Waals surface area contributed by atoms with Crippen LogP contribution >= 0.6 is 11.6 Å². The molecule has 1 fully saturated rings. The molecule has 0 radical (unpaired) electrons. The lowest BCUT2D eigenvalue weighted by molar-refractivity contribution is -0.125. The molecule has 2 aromatic rings. The summed E-state index contributed by atoms with van der Waals surface area (Å²) in [5.74, 6) is 1.24. The number of nitrogens with zero attached hydrogens (tertiary/aromatic N) is 3. The number of rotatable bonds is 4. The molecule has 1 aromatic carbocycles. The molecule has 1 saturated heterocycles. The van der Waals surface area contributed by atoms with Gasteiger partial charge < -0.3 is 9.73 Å². The molecular weight excluding hydrogens is 316 g/mol. The predicted octanol–water partition coefficient (Wildman–Crippen LogP) is 2.35. The second kappa shape index (κ2) is 7.10. The van der Waals surface area contributed by atoms with E-state index in [-0.39, 0.29) is 11.8 Å². The molecule has 1 amide bonds. The van der Waals surface area contributed by atoms with Crippen molar-refractivity contribution in [3.05, 3.63) is 35.2 Å². The average Bonchev–Trinajstić information content (AvgIpc) is 3.03. The van der Waals surface area contributed by atoms with E-state index in [1.54, 1.807) is 13.1 Å². The summed E-state index contributed by atoms with van der Waals surface area (Å²) in [7, 11) is 1.68. The predicted molar refractivity (Wildman–Crippen MR) is 86.8 cm³/mol. The summed E-state index contributed by atoms with van der Waals surface area (Å²) >= 11 is 6.14. The van der Waals surface area contributed by atoms with E-state index in [0.29, 0.717) is 23.3 Å². The second-order valence-electron chi connectivity index (χ2n) is 5.65. The Bertz CT molecular complexity index is 680. The van der Waals surface area contributed by atoms with Crippen molar-refractivity contribution in [1.82, 2.24) is 20.4 Å². The Morgan fingerprint density at radius 1 is 1.35 bits per heavy atom. The smallest absolute Gasteiger partial charge is 0.249 e. The molecular formula is C16H19ClN4O2. The quantitative estimate of drug-likeness (QED) is 0.929. The number of hydrogen-bond donors (Lipinski definition) is 1.